The standard InChI is InChI=1S/C38H27BO2/c1-24-11-3-5-13-30(24)28-19-26(20-29(21-28)31-14-6-4-12-25(31)2)27-22-36-38-37(23-27)41-35-18-10-8-16-33(35)39(38)32-15-7-9-17-34(32)40-36/h3-23H,1-2H3. The summed E-state index contributed by atoms with van der Waals surface area (Å²) in [5.41, 5.74) is 13.0. The first-order valence-electron chi connectivity index (χ1n) is 14.1. The first kappa shape index (κ1) is 23.8. The van der Waals surface area contributed by atoms with Crippen molar-refractivity contribution in [3.63, 3.8) is 0 Å². The van der Waals surface area contributed by atoms with Gasteiger partial charge in [-0.2, -0.15) is 0 Å². The van der Waals surface area contributed by atoms with Crippen LogP contribution in [0.4, 0.5) is 0 Å². The van der Waals surface area contributed by atoms with Gasteiger partial charge in [0.1, 0.15) is 23.0 Å². The molecule has 0 aromatic heterocycles. The summed E-state index contributed by atoms with van der Waals surface area (Å²) in [5.74, 6) is 3.52. The number of fused-ring (bicyclic) bond motifs is 4. The quantitative estimate of drug-likeness (QED) is 0.217. The summed E-state index contributed by atoms with van der Waals surface area (Å²) in [6.45, 7) is 4.43. The molecular weight excluding hydrogens is 499 g/mol. The lowest BCUT2D eigenvalue weighted by atomic mass is 9.35. The van der Waals surface area contributed by atoms with E-state index >= 15 is 0 Å². The van der Waals surface area contributed by atoms with Crippen LogP contribution < -0.4 is 25.9 Å². The predicted octanol–water partition coefficient (Wildman–Crippen LogP) is 8.03. The first-order valence-corrected chi connectivity index (χ1v) is 14.1. The SMILES string of the molecule is Cc1ccccc1-c1cc(-c2cc3c4c(c2)Oc2ccccc2B4c2ccccc2O3)cc(-c2ccccc2C)c1. The lowest BCUT2D eigenvalue weighted by molar-refractivity contribution is 0.465. The number of hydrogen-bond acceptors (Lipinski definition) is 2. The second-order valence-corrected chi connectivity index (χ2v) is 11.0. The van der Waals surface area contributed by atoms with Crippen LogP contribution in [-0.4, -0.2) is 6.71 Å². The number of hydrogen-bond donors (Lipinski definition) is 0. The molecule has 0 atom stereocenters. The van der Waals surface area contributed by atoms with Gasteiger partial charge >= 0.3 is 0 Å². The predicted molar refractivity (Wildman–Crippen MR) is 170 cm³/mol. The van der Waals surface area contributed by atoms with E-state index in [-0.39, 0.29) is 6.71 Å². The van der Waals surface area contributed by atoms with E-state index in [0.717, 1.165) is 39.6 Å². The van der Waals surface area contributed by atoms with Crippen molar-refractivity contribution in [2.45, 2.75) is 13.8 Å². The van der Waals surface area contributed by atoms with Gasteiger partial charge in [-0.1, -0.05) is 84.9 Å². The third-order valence-electron chi connectivity index (χ3n) is 8.47. The highest BCUT2D eigenvalue weighted by molar-refractivity contribution is 6.98. The highest BCUT2D eigenvalue weighted by Gasteiger charge is 2.40. The first-order chi connectivity index (χ1) is 20.1. The van der Waals surface area contributed by atoms with E-state index in [1.165, 1.54) is 44.3 Å². The summed E-state index contributed by atoms with van der Waals surface area (Å²) in [4.78, 5) is 0. The van der Waals surface area contributed by atoms with E-state index in [0.29, 0.717) is 0 Å². The molecule has 194 valence electrons. The molecule has 2 aliphatic rings. The minimum absolute atomic E-state index is 0.0739. The monoisotopic (exact) mass is 526 g/mol. The van der Waals surface area contributed by atoms with Gasteiger partial charge in [0.15, 0.2) is 0 Å². The number of aryl methyl sites for hydroxylation is 2. The Morgan fingerprint density at radius 2 is 0.829 bits per heavy atom. The van der Waals surface area contributed by atoms with E-state index < -0.39 is 0 Å². The third-order valence-corrected chi connectivity index (χ3v) is 8.47. The lowest BCUT2D eigenvalue weighted by Gasteiger charge is -2.33. The summed E-state index contributed by atoms with van der Waals surface area (Å²) in [6, 6.07) is 45.2. The van der Waals surface area contributed by atoms with Gasteiger partial charge < -0.3 is 9.47 Å². The Hall–Kier alpha value is -5.02. The Morgan fingerprint density at radius 1 is 0.415 bits per heavy atom. The maximum atomic E-state index is 6.59. The molecule has 3 heteroatoms. The van der Waals surface area contributed by atoms with Gasteiger partial charge in [0, 0.05) is 5.46 Å². The van der Waals surface area contributed by atoms with Crippen molar-refractivity contribution >= 4 is 23.1 Å². The van der Waals surface area contributed by atoms with Crippen LogP contribution in [0.25, 0.3) is 33.4 Å². The molecule has 0 radical (unpaired) electrons. The smallest absolute Gasteiger partial charge is 0.260 e. The van der Waals surface area contributed by atoms with E-state index in [4.69, 9.17) is 9.47 Å². The minimum atomic E-state index is 0.0739. The second-order valence-electron chi connectivity index (χ2n) is 11.0. The van der Waals surface area contributed by atoms with Gasteiger partial charge in [-0.05, 0) is 112 Å². The Morgan fingerprint density at radius 3 is 1.34 bits per heavy atom. The molecule has 0 aliphatic carbocycles. The van der Waals surface area contributed by atoms with E-state index in [1.807, 2.05) is 12.1 Å². The average molecular weight is 526 g/mol. The Labute approximate surface area is 240 Å². The van der Waals surface area contributed by atoms with Crippen molar-refractivity contribution in [1.29, 1.82) is 0 Å². The van der Waals surface area contributed by atoms with Gasteiger partial charge in [-0.15, -0.1) is 0 Å². The summed E-state index contributed by atoms with van der Waals surface area (Å²) in [5, 5.41) is 0. The van der Waals surface area contributed by atoms with Crippen molar-refractivity contribution in [2.75, 3.05) is 0 Å². The highest BCUT2D eigenvalue weighted by atomic mass is 16.5. The Balaban J connectivity index is 1.36. The van der Waals surface area contributed by atoms with Crippen LogP contribution in [0.2, 0.25) is 0 Å². The summed E-state index contributed by atoms with van der Waals surface area (Å²) >= 11 is 0. The number of benzene rings is 6. The van der Waals surface area contributed by atoms with Crippen LogP contribution in [0.5, 0.6) is 23.0 Å². The summed E-state index contributed by atoms with van der Waals surface area (Å²) < 4.78 is 13.2. The fourth-order valence-corrected chi connectivity index (χ4v) is 6.46. The molecule has 41 heavy (non-hydrogen) atoms. The van der Waals surface area contributed by atoms with Crippen LogP contribution in [-0.2, 0) is 0 Å². The zero-order valence-electron chi connectivity index (χ0n) is 23.0. The maximum Gasteiger partial charge on any atom is 0.260 e. The zero-order valence-corrected chi connectivity index (χ0v) is 23.0. The van der Waals surface area contributed by atoms with Crippen LogP contribution in [0.3, 0.4) is 0 Å². The lowest BCUT2D eigenvalue weighted by Crippen LogP contribution is -2.57. The molecule has 6 aromatic rings. The van der Waals surface area contributed by atoms with E-state index in [2.05, 4.69) is 129 Å². The molecule has 0 saturated carbocycles. The molecule has 0 unspecified atom stereocenters. The number of ether oxygens (including phenoxy) is 2. The van der Waals surface area contributed by atoms with Crippen molar-refractivity contribution in [1.82, 2.24) is 0 Å². The molecule has 2 heterocycles. The topological polar surface area (TPSA) is 18.5 Å². The van der Waals surface area contributed by atoms with Crippen LogP contribution >= 0.6 is 0 Å². The van der Waals surface area contributed by atoms with Gasteiger partial charge in [0.25, 0.3) is 6.71 Å². The number of para-hydroxylation sites is 2. The molecule has 0 saturated heterocycles. The molecule has 6 aromatic carbocycles. The van der Waals surface area contributed by atoms with Gasteiger partial charge in [-0.25, -0.2) is 0 Å². The fraction of sp³-hybridized carbons (Fsp3) is 0.0526. The normalized spacial score (nSPS) is 12.5. The minimum Gasteiger partial charge on any atom is -0.458 e. The molecule has 0 bridgehead atoms. The molecule has 2 nitrogen and oxygen atoms in total. The summed E-state index contributed by atoms with van der Waals surface area (Å²) in [7, 11) is 0. The summed E-state index contributed by atoms with van der Waals surface area (Å²) in [6.07, 6.45) is 0. The largest absolute Gasteiger partial charge is 0.458 e. The molecule has 0 spiro atoms. The van der Waals surface area contributed by atoms with Gasteiger partial charge in [-0.3, -0.25) is 0 Å². The molecule has 0 N–H and O–H groups in total. The van der Waals surface area contributed by atoms with E-state index in [1.54, 1.807) is 0 Å². The second kappa shape index (κ2) is 9.28. The van der Waals surface area contributed by atoms with Crippen molar-refractivity contribution < 1.29 is 9.47 Å². The maximum absolute atomic E-state index is 6.59. The van der Waals surface area contributed by atoms with Gasteiger partial charge in [0.05, 0.1) is 0 Å². The van der Waals surface area contributed by atoms with Crippen molar-refractivity contribution in [3.8, 4) is 56.4 Å². The molecule has 2 aliphatic heterocycles. The molecule has 0 amide bonds. The Kier molecular flexibility index (Phi) is 5.40. The molecular formula is C38H27BO2. The van der Waals surface area contributed by atoms with E-state index in [9.17, 15) is 0 Å². The van der Waals surface area contributed by atoms with Gasteiger partial charge in [0.2, 0.25) is 0 Å². The zero-order chi connectivity index (χ0) is 27.5. The van der Waals surface area contributed by atoms with Crippen LogP contribution in [0.15, 0.2) is 127 Å². The van der Waals surface area contributed by atoms with Crippen molar-refractivity contribution in [2.24, 2.45) is 0 Å². The average Bonchev–Trinajstić information content (AvgIpc) is 3.01. The Bertz CT molecular complexity index is 1860. The fourth-order valence-electron chi connectivity index (χ4n) is 6.46. The number of rotatable bonds is 3. The van der Waals surface area contributed by atoms with Crippen LogP contribution in [0, 0.1) is 13.8 Å². The molecule has 8 rings (SSSR count). The highest BCUT2D eigenvalue weighted by Crippen LogP contribution is 2.40. The third kappa shape index (κ3) is 3.88. The van der Waals surface area contributed by atoms with Crippen LogP contribution in [0.1, 0.15) is 11.1 Å². The molecule has 0 fully saturated rings. The van der Waals surface area contributed by atoms with Crippen molar-refractivity contribution in [3.05, 3.63) is 139 Å².